The Bertz CT molecular complexity index is 493. The predicted molar refractivity (Wildman–Crippen MR) is 71.7 cm³/mol. The number of aliphatic hydroxyl groups is 1. The van der Waals surface area contributed by atoms with Crippen LogP contribution in [0.25, 0.3) is 0 Å². The number of pyridine rings is 1. The molecule has 0 radical (unpaired) electrons. The first kappa shape index (κ1) is 16.9. The van der Waals surface area contributed by atoms with Crippen LogP contribution in [-0.2, 0) is 9.63 Å². The van der Waals surface area contributed by atoms with E-state index < -0.39 is 24.6 Å². The van der Waals surface area contributed by atoms with Crippen LogP contribution in [-0.4, -0.2) is 58.0 Å². The van der Waals surface area contributed by atoms with Crippen molar-refractivity contribution in [3.63, 3.8) is 0 Å². The first-order chi connectivity index (χ1) is 10.0. The van der Waals surface area contributed by atoms with E-state index in [4.69, 9.17) is 19.8 Å². The van der Waals surface area contributed by atoms with E-state index in [2.05, 4.69) is 4.98 Å². The Morgan fingerprint density at radius 2 is 2.14 bits per heavy atom. The lowest BCUT2D eigenvalue weighted by atomic mass is 10.3. The van der Waals surface area contributed by atoms with E-state index in [1.54, 1.807) is 26.0 Å². The molecule has 0 fully saturated rings. The number of ether oxygens (including phenoxy) is 1. The van der Waals surface area contributed by atoms with Crippen molar-refractivity contribution < 1.29 is 29.4 Å². The fourth-order valence-electron chi connectivity index (χ4n) is 1.61. The molecule has 1 heterocycles. The highest BCUT2D eigenvalue weighted by Crippen LogP contribution is 2.17. The van der Waals surface area contributed by atoms with Crippen LogP contribution in [0.4, 0.5) is 0 Å². The number of hydroxylamine groups is 2. The van der Waals surface area contributed by atoms with E-state index in [9.17, 15) is 9.59 Å². The molecule has 0 amide bonds. The van der Waals surface area contributed by atoms with Gasteiger partial charge in [-0.2, -0.15) is 0 Å². The minimum absolute atomic E-state index is 0.0557. The molecule has 0 saturated heterocycles. The summed E-state index contributed by atoms with van der Waals surface area (Å²) >= 11 is 0. The second kappa shape index (κ2) is 8.18. The molecule has 2 N–H and O–H groups in total. The summed E-state index contributed by atoms with van der Waals surface area (Å²) in [5.74, 6) is -1.89. The highest BCUT2D eigenvalue weighted by molar-refractivity contribution is 5.90. The smallest absolute Gasteiger partial charge is 0.379 e. The average molecular weight is 298 g/mol. The van der Waals surface area contributed by atoms with Crippen molar-refractivity contribution >= 4 is 11.9 Å². The van der Waals surface area contributed by atoms with Gasteiger partial charge in [0.25, 0.3) is 0 Å². The van der Waals surface area contributed by atoms with Gasteiger partial charge in [0.1, 0.15) is 0 Å². The van der Waals surface area contributed by atoms with E-state index in [0.717, 1.165) is 5.06 Å². The maximum Gasteiger partial charge on any atom is 0.379 e. The topological polar surface area (TPSA) is 109 Å². The van der Waals surface area contributed by atoms with Gasteiger partial charge in [-0.05, 0) is 26.0 Å². The van der Waals surface area contributed by atoms with Crippen molar-refractivity contribution in [1.82, 2.24) is 10.0 Å². The van der Waals surface area contributed by atoms with Gasteiger partial charge in [-0.3, -0.25) is 4.79 Å². The molecule has 0 aliphatic carbocycles. The SMILES string of the molecule is CCOc1cccnc1C(=O)ON(CC)[C@@H](CO)C(=O)O. The van der Waals surface area contributed by atoms with Gasteiger partial charge in [-0.15, -0.1) is 5.06 Å². The molecule has 0 bridgehead atoms. The summed E-state index contributed by atoms with van der Waals surface area (Å²) in [6.07, 6.45) is 1.40. The maximum atomic E-state index is 12.1. The van der Waals surface area contributed by atoms with Crippen LogP contribution in [0.2, 0.25) is 0 Å². The van der Waals surface area contributed by atoms with E-state index >= 15 is 0 Å². The normalized spacial score (nSPS) is 12.0. The van der Waals surface area contributed by atoms with Gasteiger partial charge in [0, 0.05) is 12.7 Å². The number of likely N-dealkylation sites (N-methyl/N-ethyl adjacent to an activating group) is 1. The Labute approximate surface area is 121 Å². The molecule has 1 aromatic heterocycles. The molecule has 8 nitrogen and oxygen atoms in total. The molecule has 0 spiro atoms. The molecule has 1 aromatic rings. The number of hydrogen-bond donors (Lipinski definition) is 2. The summed E-state index contributed by atoms with van der Waals surface area (Å²) in [6.45, 7) is 3.11. The first-order valence-corrected chi connectivity index (χ1v) is 6.45. The molecular weight excluding hydrogens is 280 g/mol. The molecule has 0 aliphatic rings. The zero-order chi connectivity index (χ0) is 15.8. The van der Waals surface area contributed by atoms with Crippen molar-refractivity contribution in [3.05, 3.63) is 24.0 Å². The van der Waals surface area contributed by atoms with Crippen molar-refractivity contribution in [2.45, 2.75) is 19.9 Å². The number of nitrogens with zero attached hydrogens (tertiary/aromatic N) is 2. The Kier molecular flexibility index (Phi) is 6.57. The van der Waals surface area contributed by atoms with Crippen LogP contribution >= 0.6 is 0 Å². The molecule has 0 aliphatic heterocycles. The number of hydrogen-bond acceptors (Lipinski definition) is 7. The number of carbonyl (C=O) groups excluding carboxylic acids is 1. The van der Waals surface area contributed by atoms with E-state index in [1.165, 1.54) is 6.20 Å². The van der Waals surface area contributed by atoms with Crippen LogP contribution in [0.15, 0.2) is 18.3 Å². The van der Waals surface area contributed by atoms with Crippen LogP contribution < -0.4 is 4.74 Å². The second-order valence-electron chi connectivity index (χ2n) is 3.93. The van der Waals surface area contributed by atoms with E-state index in [1.807, 2.05) is 0 Å². The summed E-state index contributed by atoms with van der Waals surface area (Å²) in [4.78, 5) is 31.9. The lowest BCUT2D eigenvalue weighted by Gasteiger charge is -2.24. The summed E-state index contributed by atoms with van der Waals surface area (Å²) in [6, 6.07) is 1.83. The van der Waals surface area contributed by atoms with E-state index in [-0.39, 0.29) is 18.0 Å². The fourth-order valence-corrected chi connectivity index (χ4v) is 1.61. The van der Waals surface area contributed by atoms with Gasteiger partial charge in [-0.25, -0.2) is 9.78 Å². The standard InChI is InChI=1S/C13H18N2O6/c1-3-15(9(8-16)12(17)18)21-13(19)11-10(20-4-2)6-5-7-14-11/h5-7,9,16H,3-4,8H2,1-2H3,(H,17,18)/t9-/m0/s1. The van der Waals surface area contributed by atoms with Crippen molar-refractivity contribution in [1.29, 1.82) is 0 Å². The molecule has 116 valence electrons. The minimum atomic E-state index is -1.33. The molecule has 1 rings (SSSR count). The number of carboxylic acids is 1. The predicted octanol–water partition coefficient (Wildman–Crippen LogP) is 0.320. The molecule has 0 unspecified atom stereocenters. The zero-order valence-corrected chi connectivity index (χ0v) is 11.9. The minimum Gasteiger partial charge on any atom is -0.491 e. The first-order valence-electron chi connectivity index (χ1n) is 6.45. The lowest BCUT2D eigenvalue weighted by molar-refractivity contribution is -0.175. The molecule has 8 heteroatoms. The van der Waals surface area contributed by atoms with Crippen LogP contribution in [0.5, 0.6) is 5.75 Å². The Balaban J connectivity index is 2.90. The summed E-state index contributed by atoms with van der Waals surface area (Å²) in [5.41, 5.74) is -0.0557. The van der Waals surface area contributed by atoms with Crippen LogP contribution in [0.1, 0.15) is 24.3 Å². The molecule has 0 aromatic carbocycles. The number of aromatic nitrogens is 1. The molecular formula is C13H18N2O6. The van der Waals surface area contributed by atoms with E-state index in [0.29, 0.717) is 6.61 Å². The van der Waals surface area contributed by atoms with Gasteiger partial charge in [0.2, 0.25) is 0 Å². The monoisotopic (exact) mass is 298 g/mol. The second-order valence-corrected chi connectivity index (χ2v) is 3.93. The highest BCUT2D eigenvalue weighted by Gasteiger charge is 2.28. The summed E-state index contributed by atoms with van der Waals surface area (Å²) in [7, 11) is 0. The summed E-state index contributed by atoms with van der Waals surface area (Å²) < 4.78 is 5.26. The van der Waals surface area contributed by atoms with Gasteiger partial charge in [0.05, 0.1) is 13.2 Å². The van der Waals surface area contributed by atoms with Gasteiger partial charge in [-0.1, -0.05) is 0 Å². The Morgan fingerprint density at radius 1 is 1.43 bits per heavy atom. The van der Waals surface area contributed by atoms with Gasteiger partial charge < -0.3 is 19.8 Å². The highest BCUT2D eigenvalue weighted by atomic mass is 16.7. The summed E-state index contributed by atoms with van der Waals surface area (Å²) in [5, 5.41) is 18.9. The number of carboxylic acid groups (broad SMARTS) is 1. The number of aliphatic hydroxyl groups excluding tert-OH is 1. The van der Waals surface area contributed by atoms with Crippen molar-refractivity contribution in [2.24, 2.45) is 0 Å². The molecule has 1 atom stereocenters. The van der Waals surface area contributed by atoms with Crippen LogP contribution in [0, 0.1) is 0 Å². The van der Waals surface area contributed by atoms with Crippen molar-refractivity contribution in [2.75, 3.05) is 19.8 Å². The molecule has 0 saturated carbocycles. The van der Waals surface area contributed by atoms with Crippen molar-refractivity contribution in [3.8, 4) is 5.75 Å². The molecule has 21 heavy (non-hydrogen) atoms. The Hall–Kier alpha value is -2.19. The number of carbonyl (C=O) groups is 2. The van der Waals surface area contributed by atoms with Gasteiger partial charge in [0.15, 0.2) is 17.5 Å². The quantitative estimate of drug-likeness (QED) is 0.660. The lowest BCUT2D eigenvalue weighted by Crippen LogP contribution is -2.44. The number of aliphatic carboxylic acids is 1. The third-order valence-corrected chi connectivity index (χ3v) is 2.58. The fraction of sp³-hybridized carbons (Fsp3) is 0.462. The van der Waals surface area contributed by atoms with Gasteiger partial charge >= 0.3 is 11.9 Å². The average Bonchev–Trinajstić information content (AvgIpc) is 2.47. The number of rotatable bonds is 8. The third kappa shape index (κ3) is 4.40. The largest absolute Gasteiger partial charge is 0.491 e. The Morgan fingerprint density at radius 3 is 2.67 bits per heavy atom. The third-order valence-electron chi connectivity index (χ3n) is 2.58. The maximum absolute atomic E-state index is 12.1. The zero-order valence-electron chi connectivity index (χ0n) is 11.9. The van der Waals surface area contributed by atoms with Crippen LogP contribution in [0.3, 0.4) is 0 Å².